The van der Waals surface area contributed by atoms with Gasteiger partial charge in [0.1, 0.15) is 29.8 Å². The van der Waals surface area contributed by atoms with Crippen molar-refractivity contribution in [2.45, 2.75) is 45.4 Å². The van der Waals surface area contributed by atoms with Crippen molar-refractivity contribution >= 4 is 11.9 Å². The Hall–Kier alpha value is -3.27. The molecule has 2 aliphatic heterocycles. The first-order valence-electron chi connectivity index (χ1n) is 9.42. The molecule has 3 rings (SSSR count). The van der Waals surface area contributed by atoms with Crippen LogP contribution < -0.4 is 4.74 Å². The minimum absolute atomic E-state index is 0.241. The van der Waals surface area contributed by atoms with Crippen LogP contribution in [0.2, 0.25) is 0 Å². The number of benzene rings is 1. The largest absolute Gasteiger partial charge is 0.492 e. The minimum Gasteiger partial charge on any atom is -0.492 e. The first kappa shape index (κ1) is 20.5. The standard InChI is InChI=1S/C22H24N2O5/c1-5-6-9-27-16-11-19(26)24(13-16)20-17-10-15(12-23)7-8-18(17)29-22(3,4)21(20)28-14(2)25/h5-8,10-11,20-21H,9,13H2,1-4H3/t20-,21+/m1/s1. The third-order valence-electron chi connectivity index (χ3n) is 4.93. The van der Waals surface area contributed by atoms with E-state index in [-0.39, 0.29) is 12.5 Å². The zero-order valence-electron chi connectivity index (χ0n) is 17.0. The van der Waals surface area contributed by atoms with E-state index in [9.17, 15) is 14.9 Å². The molecule has 152 valence electrons. The highest BCUT2D eigenvalue weighted by Gasteiger charge is 2.50. The molecular formula is C22H24N2O5. The molecule has 2 heterocycles. The summed E-state index contributed by atoms with van der Waals surface area (Å²) in [6.07, 6.45) is 4.41. The van der Waals surface area contributed by atoms with E-state index in [0.29, 0.717) is 29.2 Å². The third-order valence-corrected chi connectivity index (χ3v) is 4.93. The van der Waals surface area contributed by atoms with Crippen molar-refractivity contribution in [1.29, 1.82) is 5.26 Å². The molecule has 1 aromatic carbocycles. The van der Waals surface area contributed by atoms with Crippen LogP contribution in [-0.4, -0.2) is 41.6 Å². The maximum atomic E-state index is 12.8. The molecule has 0 saturated carbocycles. The van der Waals surface area contributed by atoms with Gasteiger partial charge in [0.25, 0.3) is 5.91 Å². The van der Waals surface area contributed by atoms with Gasteiger partial charge in [0.2, 0.25) is 0 Å². The Morgan fingerprint density at radius 1 is 1.45 bits per heavy atom. The van der Waals surface area contributed by atoms with E-state index in [2.05, 4.69) is 6.07 Å². The third kappa shape index (κ3) is 4.11. The van der Waals surface area contributed by atoms with E-state index in [1.54, 1.807) is 23.1 Å². The van der Waals surface area contributed by atoms with Gasteiger partial charge in [-0.05, 0) is 39.0 Å². The Labute approximate surface area is 170 Å². The molecule has 2 atom stereocenters. The summed E-state index contributed by atoms with van der Waals surface area (Å²) in [6.45, 7) is 7.44. The molecular weight excluding hydrogens is 372 g/mol. The quantitative estimate of drug-likeness (QED) is 0.561. The lowest BCUT2D eigenvalue weighted by atomic mass is 9.84. The van der Waals surface area contributed by atoms with Gasteiger partial charge in [-0.15, -0.1) is 0 Å². The highest BCUT2D eigenvalue weighted by molar-refractivity contribution is 5.91. The number of hydrogen-bond donors (Lipinski definition) is 0. The molecule has 1 amide bonds. The highest BCUT2D eigenvalue weighted by Crippen LogP contribution is 2.45. The average Bonchev–Trinajstić information content (AvgIpc) is 3.02. The smallest absolute Gasteiger partial charge is 0.303 e. The monoisotopic (exact) mass is 396 g/mol. The zero-order chi connectivity index (χ0) is 21.2. The average molecular weight is 396 g/mol. The maximum absolute atomic E-state index is 12.8. The van der Waals surface area contributed by atoms with Crippen LogP contribution in [0.1, 0.15) is 44.9 Å². The van der Waals surface area contributed by atoms with E-state index >= 15 is 0 Å². The van der Waals surface area contributed by atoms with E-state index < -0.39 is 23.7 Å². The summed E-state index contributed by atoms with van der Waals surface area (Å²) in [5.41, 5.74) is 0.181. The maximum Gasteiger partial charge on any atom is 0.303 e. The molecule has 0 N–H and O–H groups in total. The van der Waals surface area contributed by atoms with Gasteiger partial charge < -0.3 is 19.1 Å². The molecule has 7 heteroatoms. The molecule has 0 radical (unpaired) electrons. The fraction of sp³-hybridized carbons (Fsp3) is 0.409. The minimum atomic E-state index is -0.883. The van der Waals surface area contributed by atoms with Gasteiger partial charge in [-0.1, -0.05) is 12.2 Å². The van der Waals surface area contributed by atoms with Crippen molar-refractivity contribution in [1.82, 2.24) is 4.90 Å². The van der Waals surface area contributed by atoms with Crippen LogP contribution in [0.4, 0.5) is 0 Å². The normalized spacial score (nSPS) is 22.5. The molecule has 7 nitrogen and oxygen atoms in total. The second-order valence-corrected chi connectivity index (χ2v) is 7.50. The van der Waals surface area contributed by atoms with Crippen molar-refractivity contribution in [3.8, 4) is 11.8 Å². The van der Waals surface area contributed by atoms with Crippen molar-refractivity contribution in [2.24, 2.45) is 0 Å². The van der Waals surface area contributed by atoms with E-state index in [1.165, 1.54) is 13.0 Å². The van der Waals surface area contributed by atoms with E-state index in [4.69, 9.17) is 14.2 Å². The fourth-order valence-corrected chi connectivity index (χ4v) is 3.63. The van der Waals surface area contributed by atoms with Crippen molar-refractivity contribution in [3.63, 3.8) is 0 Å². The Kier molecular flexibility index (Phi) is 5.64. The lowest BCUT2D eigenvalue weighted by molar-refractivity contribution is -0.171. The SMILES string of the molecule is CC=CCOC1=CC(=O)N([C@@H]2c3cc(C#N)ccc3OC(C)(C)[C@H]2OC(C)=O)C1. The zero-order valence-corrected chi connectivity index (χ0v) is 17.0. The molecule has 0 aliphatic carbocycles. The summed E-state index contributed by atoms with van der Waals surface area (Å²) in [4.78, 5) is 26.3. The lowest BCUT2D eigenvalue weighted by Gasteiger charge is -2.46. The Bertz CT molecular complexity index is 926. The van der Waals surface area contributed by atoms with Gasteiger partial charge in [-0.3, -0.25) is 9.59 Å². The van der Waals surface area contributed by atoms with Crippen LogP contribution in [0.25, 0.3) is 0 Å². The van der Waals surface area contributed by atoms with Gasteiger partial charge >= 0.3 is 5.97 Å². The second kappa shape index (κ2) is 8.00. The van der Waals surface area contributed by atoms with Gasteiger partial charge in [0.05, 0.1) is 18.2 Å². The summed E-state index contributed by atoms with van der Waals surface area (Å²) in [6, 6.07) is 6.54. The first-order valence-corrected chi connectivity index (χ1v) is 9.42. The lowest BCUT2D eigenvalue weighted by Crippen LogP contribution is -2.55. The summed E-state index contributed by atoms with van der Waals surface area (Å²) in [7, 11) is 0. The predicted octanol–water partition coefficient (Wildman–Crippen LogP) is 3.02. The summed E-state index contributed by atoms with van der Waals surface area (Å²) >= 11 is 0. The van der Waals surface area contributed by atoms with E-state index in [1.807, 2.05) is 32.9 Å². The van der Waals surface area contributed by atoms with Gasteiger partial charge in [-0.2, -0.15) is 5.26 Å². The van der Waals surface area contributed by atoms with Crippen LogP contribution in [0, 0.1) is 11.3 Å². The van der Waals surface area contributed by atoms with Crippen LogP contribution in [-0.2, 0) is 19.1 Å². The number of nitriles is 1. The van der Waals surface area contributed by atoms with Crippen LogP contribution >= 0.6 is 0 Å². The number of allylic oxidation sites excluding steroid dienone is 1. The number of esters is 1. The van der Waals surface area contributed by atoms with E-state index in [0.717, 1.165) is 0 Å². The number of carbonyl (C=O) groups excluding carboxylic acids is 2. The molecule has 0 bridgehead atoms. The fourth-order valence-electron chi connectivity index (χ4n) is 3.63. The molecule has 0 aromatic heterocycles. The number of nitrogens with zero attached hydrogens (tertiary/aromatic N) is 2. The van der Waals surface area contributed by atoms with Crippen LogP contribution in [0.3, 0.4) is 0 Å². The first-order chi connectivity index (χ1) is 13.8. The molecule has 0 unspecified atom stereocenters. The molecule has 0 saturated heterocycles. The highest BCUT2D eigenvalue weighted by atomic mass is 16.6. The van der Waals surface area contributed by atoms with Crippen molar-refractivity contribution in [2.75, 3.05) is 13.2 Å². The number of hydrogen-bond acceptors (Lipinski definition) is 6. The second-order valence-electron chi connectivity index (χ2n) is 7.50. The molecule has 29 heavy (non-hydrogen) atoms. The number of rotatable bonds is 5. The summed E-state index contributed by atoms with van der Waals surface area (Å²) in [5.74, 6) is 0.379. The Balaban J connectivity index is 2.02. The number of fused-ring (bicyclic) bond motifs is 1. The Morgan fingerprint density at radius 3 is 2.86 bits per heavy atom. The van der Waals surface area contributed by atoms with Crippen molar-refractivity contribution in [3.05, 3.63) is 53.3 Å². The number of amides is 1. The van der Waals surface area contributed by atoms with Crippen LogP contribution in [0.5, 0.6) is 5.75 Å². The summed E-state index contributed by atoms with van der Waals surface area (Å²) in [5, 5.41) is 9.33. The summed E-state index contributed by atoms with van der Waals surface area (Å²) < 4.78 is 17.4. The van der Waals surface area contributed by atoms with Crippen LogP contribution in [0.15, 0.2) is 42.2 Å². The predicted molar refractivity (Wildman–Crippen MR) is 105 cm³/mol. The van der Waals surface area contributed by atoms with Gasteiger partial charge in [0, 0.05) is 18.6 Å². The molecule has 0 spiro atoms. The topological polar surface area (TPSA) is 88.9 Å². The molecule has 0 fully saturated rings. The van der Waals surface area contributed by atoms with Crippen molar-refractivity contribution < 1.29 is 23.8 Å². The Morgan fingerprint density at radius 2 is 2.21 bits per heavy atom. The molecule has 2 aliphatic rings. The molecule has 1 aromatic rings. The van der Waals surface area contributed by atoms with Gasteiger partial charge in [0.15, 0.2) is 6.10 Å². The van der Waals surface area contributed by atoms with Gasteiger partial charge in [-0.25, -0.2) is 0 Å². The number of carbonyl (C=O) groups is 2. The number of ether oxygens (including phenoxy) is 3.